The number of amides is 1. The number of phosphoric ester groups is 1. The Bertz CT molecular complexity index is 1750. The van der Waals surface area contributed by atoms with Crippen molar-refractivity contribution in [3.63, 3.8) is 0 Å². The monoisotopic (exact) mass is 1220 g/mol. The molecule has 0 heterocycles. The number of likely N-dealkylation sites (N-methyl/N-ethyl adjacent to an activating group) is 1. The van der Waals surface area contributed by atoms with Crippen LogP contribution in [0.3, 0.4) is 0 Å². The van der Waals surface area contributed by atoms with E-state index in [1.165, 1.54) is 218 Å². The van der Waals surface area contributed by atoms with Crippen LogP contribution in [0.25, 0.3) is 0 Å². The van der Waals surface area contributed by atoms with Crippen LogP contribution in [0.1, 0.15) is 335 Å². The highest BCUT2D eigenvalue weighted by molar-refractivity contribution is 7.47. The third-order valence-electron chi connectivity index (χ3n) is 16.1. The van der Waals surface area contributed by atoms with Crippen molar-refractivity contribution in [3.05, 3.63) is 85.1 Å². The van der Waals surface area contributed by atoms with Crippen molar-refractivity contribution in [2.45, 2.75) is 348 Å². The lowest BCUT2D eigenvalue weighted by Crippen LogP contribution is -2.47. The van der Waals surface area contributed by atoms with Gasteiger partial charge in [-0.1, -0.05) is 299 Å². The van der Waals surface area contributed by atoms with Crippen LogP contribution >= 0.6 is 7.82 Å². The molecule has 0 aliphatic rings. The second-order valence-electron chi connectivity index (χ2n) is 25.8. The third-order valence-corrected chi connectivity index (χ3v) is 17.0. The summed E-state index contributed by atoms with van der Waals surface area (Å²) in [5, 5.41) is 3.07. The van der Waals surface area contributed by atoms with E-state index in [1.807, 2.05) is 33.3 Å². The van der Waals surface area contributed by atoms with Gasteiger partial charge < -0.3 is 19.4 Å². The van der Waals surface area contributed by atoms with E-state index in [-0.39, 0.29) is 31.5 Å². The predicted molar refractivity (Wildman–Crippen MR) is 374 cm³/mol. The number of carbonyl (C=O) groups is 2. The third kappa shape index (κ3) is 65.6. The van der Waals surface area contributed by atoms with Crippen LogP contribution in [-0.2, 0) is 27.9 Å². The molecule has 10 heteroatoms. The van der Waals surface area contributed by atoms with Crippen molar-refractivity contribution in [1.82, 2.24) is 5.32 Å². The van der Waals surface area contributed by atoms with E-state index in [1.54, 1.807) is 0 Å². The minimum Gasteiger partial charge on any atom is -0.456 e. The molecule has 0 saturated carbocycles. The first-order valence-electron chi connectivity index (χ1n) is 36.4. The van der Waals surface area contributed by atoms with E-state index in [2.05, 4.69) is 99.0 Å². The molecule has 0 saturated heterocycles. The first-order chi connectivity index (χ1) is 41.9. The second kappa shape index (κ2) is 65.2. The molecular formula is C76H140N2O7P+. The summed E-state index contributed by atoms with van der Waals surface area (Å²) in [6.45, 7) is 6.99. The Hall–Kier alpha value is -2.81. The molecule has 0 rings (SSSR count). The number of nitrogens with one attached hydrogen (secondary N) is 1. The second-order valence-corrected chi connectivity index (χ2v) is 27.2. The molecule has 0 spiro atoms. The van der Waals surface area contributed by atoms with Gasteiger partial charge in [0.25, 0.3) is 0 Å². The van der Waals surface area contributed by atoms with Crippen LogP contribution in [0, 0.1) is 0 Å². The summed E-state index contributed by atoms with van der Waals surface area (Å²) in [5.74, 6) is -0.503. The SMILES string of the molecule is CCCCC/C=C\C/C=C\C/C=C\C/C=C\CCCCCCCCCCCCCC(=O)OC(/C=C\CCCCCCCCCCCC)C(COP(=O)(O)OCC[N+](C)(C)C)NC(=O)CCCCCCCCCCCCC/C=C\C/C=C\CCCCC. The fourth-order valence-electron chi connectivity index (χ4n) is 10.4. The number of esters is 1. The van der Waals surface area contributed by atoms with E-state index < -0.39 is 20.0 Å². The molecular weight excluding hydrogens is 1080 g/mol. The van der Waals surface area contributed by atoms with Gasteiger partial charge in [-0.25, -0.2) is 4.57 Å². The molecule has 0 fully saturated rings. The van der Waals surface area contributed by atoms with Crippen molar-refractivity contribution >= 4 is 19.7 Å². The number of rotatable bonds is 66. The summed E-state index contributed by atoms with van der Waals surface area (Å²) in [6.07, 6.45) is 87.3. The van der Waals surface area contributed by atoms with Gasteiger partial charge in [-0.2, -0.15) is 0 Å². The van der Waals surface area contributed by atoms with Gasteiger partial charge in [0, 0.05) is 12.8 Å². The van der Waals surface area contributed by atoms with Crippen LogP contribution in [0.15, 0.2) is 85.1 Å². The Balaban J connectivity index is 5.04. The van der Waals surface area contributed by atoms with Crippen molar-refractivity contribution in [1.29, 1.82) is 0 Å². The number of nitrogens with zero attached hydrogens (tertiary/aromatic N) is 1. The summed E-state index contributed by atoms with van der Waals surface area (Å²) in [6, 6.07) is -0.855. The molecule has 3 atom stereocenters. The van der Waals surface area contributed by atoms with Crippen molar-refractivity contribution in [2.24, 2.45) is 0 Å². The van der Waals surface area contributed by atoms with Gasteiger partial charge in [-0.05, 0) is 109 Å². The molecule has 0 radical (unpaired) electrons. The van der Waals surface area contributed by atoms with Gasteiger partial charge in [0.1, 0.15) is 19.3 Å². The molecule has 500 valence electrons. The lowest BCUT2D eigenvalue weighted by atomic mass is 10.0. The van der Waals surface area contributed by atoms with E-state index in [4.69, 9.17) is 13.8 Å². The van der Waals surface area contributed by atoms with Gasteiger partial charge in [0.15, 0.2) is 0 Å². The average molecular weight is 1220 g/mol. The Morgan fingerprint density at radius 2 is 0.709 bits per heavy atom. The number of allylic oxidation sites excluding steroid dienone is 13. The molecule has 0 bridgehead atoms. The normalized spacial score (nSPS) is 14.0. The summed E-state index contributed by atoms with van der Waals surface area (Å²) in [5.41, 5.74) is 0. The number of ether oxygens (including phenoxy) is 1. The van der Waals surface area contributed by atoms with Gasteiger partial charge in [-0.3, -0.25) is 18.6 Å². The largest absolute Gasteiger partial charge is 0.472 e. The number of carbonyl (C=O) groups excluding carboxylic acids is 2. The van der Waals surface area contributed by atoms with Gasteiger partial charge in [0.2, 0.25) is 5.91 Å². The first-order valence-corrected chi connectivity index (χ1v) is 37.9. The lowest BCUT2D eigenvalue weighted by Gasteiger charge is -2.27. The predicted octanol–water partition coefficient (Wildman–Crippen LogP) is 23.3. The molecule has 9 nitrogen and oxygen atoms in total. The molecule has 0 aliphatic heterocycles. The van der Waals surface area contributed by atoms with Crippen molar-refractivity contribution in [3.8, 4) is 0 Å². The van der Waals surface area contributed by atoms with E-state index >= 15 is 0 Å². The minimum absolute atomic E-state index is 0.0374. The topological polar surface area (TPSA) is 111 Å². The van der Waals surface area contributed by atoms with E-state index in [0.717, 1.165) is 83.5 Å². The highest BCUT2D eigenvalue weighted by Gasteiger charge is 2.30. The van der Waals surface area contributed by atoms with Crippen LogP contribution in [-0.4, -0.2) is 74.3 Å². The standard InChI is InChI=1S/C76H139N2O7P/c1-7-10-13-16-19-22-25-28-30-32-34-36-37-38-39-40-41-43-45-47-49-51-54-57-60-63-66-69-76(80)85-74(67-64-61-58-55-52-27-24-21-18-15-12-9-3)73(72-84-86(81,82)83-71-70-78(4,5)6)77-75(79)68-65-62-59-56-53-50-48-46-44-42-35-33-31-29-26-23-20-17-14-11-8-2/h19-20,22-23,28-31,34,36,38-39,64,67,73-74H,7-18,21,24-27,32-33,35,37,40-63,65-66,68-72H2,1-6H3,(H-,77,79,81,82)/p+1/b22-19-,23-20-,30-28-,31-29-,36-34-,39-38-,67-64-. The number of phosphoric acid groups is 1. The number of quaternary nitrogens is 1. The number of unbranched alkanes of at least 4 members (excludes halogenated alkanes) is 38. The summed E-state index contributed by atoms with van der Waals surface area (Å²) in [7, 11) is 1.49. The molecule has 0 aromatic heterocycles. The fraction of sp³-hybridized carbons (Fsp3) is 0.789. The number of hydrogen-bond acceptors (Lipinski definition) is 6. The number of hydrogen-bond donors (Lipinski definition) is 2. The summed E-state index contributed by atoms with van der Waals surface area (Å²) >= 11 is 0. The smallest absolute Gasteiger partial charge is 0.456 e. The molecule has 0 aromatic carbocycles. The zero-order valence-corrected chi connectivity index (χ0v) is 58.2. The van der Waals surface area contributed by atoms with Crippen molar-refractivity contribution in [2.75, 3.05) is 40.9 Å². The van der Waals surface area contributed by atoms with Gasteiger partial charge in [-0.15, -0.1) is 0 Å². The zero-order chi connectivity index (χ0) is 62.8. The fourth-order valence-corrected chi connectivity index (χ4v) is 11.2. The maximum Gasteiger partial charge on any atom is 0.472 e. The minimum atomic E-state index is -4.46. The molecule has 1 amide bonds. The molecule has 2 N–H and O–H groups in total. The highest BCUT2D eigenvalue weighted by Crippen LogP contribution is 2.43. The Kier molecular flexibility index (Phi) is 63.0. The van der Waals surface area contributed by atoms with E-state index in [0.29, 0.717) is 17.4 Å². The summed E-state index contributed by atoms with van der Waals surface area (Å²) < 4.78 is 30.8. The van der Waals surface area contributed by atoms with Crippen LogP contribution in [0.5, 0.6) is 0 Å². The van der Waals surface area contributed by atoms with E-state index in [9.17, 15) is 19.0 Å². The highest BCUT2D eigenvalue weighted by atomic mass is 31.2. The molecule has 3 unspecified atom stereocenters. The maximum atomic E-state index is 13.6. The Labute approximate surface area is 533 Å². The Morgan fingerprint density at radius 1 is 0.407 bits per heavy atom. The van der Waals surface area contributed by atoms with Crippen molar-refractivity contribution < 1.29 is 37.3 Å². The van der Waals surface area contributed by atoms with Crippen LogP contribution in [0.2, 0.25) is 0 Å². The first kappa shape index (κ1) is 83.2. The zero-order valence-electron chi connectivity index (χ0n) is 57.3. The lowest BCUT2D eigenvalue weighted by molar-refractivity contribution is -0.870. The molecule has 0 aliphatic carbocycles. The average Bonchev–Trinajstić information content (AvgIpc) is 3.65. The van der Waals surface area contributed by atoms with Gasteiger partial charge >= 0.3 is 13.8 Å². The van der Waals surface area contributed by atoms with Gasteiger partial charge in [0.05, 0.1) is 33.8 Å². The van der Waals surface area contributed by atoms with Crippen LogP contribution in [0.4, 0.5) is 0 Å². The Morgan fingerprint density at radius 3 is 1.08 bits per heavy atom. The summed E-state index contributed by atoms with van der Waals surface area (Å²) in [4.78, 5) is 37.9. The maximum absolute atomic E-state index is 13.6. The molecule has 86 heavy (non-hydrogen) atoms. The van der Waals surface area contributed by atoms with Crippen LogP contribution < -0.4 is 5.32 Å². The quantitative estimate of drug-likeness (QED) is 0.0205. The molecule has 0 aromatic rings.